The van der Waals surface area contributed by atoms with E-state index < -0.39 is 0 Å². The highest BCUT2D eigenvalue weighted by Gasteiger charge is 2.26. The Kier molecular flexibility index (Phi) is 2.88. The fraction of sp³-hybridized carbons (Fsp3) is 0.471. The minimum atomic E-state index is 0.597. The van der Waals surface area contributed by atoms with Gasteiger partial charge in [0.25, 0.3) is 0 Å². The highest BCUT2D eigenvalue weighted by Crippen LogP contribution is 2.32. The Morgan fingerprint density at radius 3 is 2.95 bits per heavy atom. The zero-order chi connectivity index (χ0) is 13.5. The normalized spacial score (nSPS) is 21.4. The zero-order valence-electron chi connectivity index (χ0n) is 12.0. The third-order valence-corrected chi connectivity index (χ3v) is 4.79. The van der Waals surface area contributed by atoms with Crippen molar-refractivity contribution < 1.29 is 0 Å². The Bertz CT molecular complexity index is 642. The van der Waals surface area contributed by atoms with Crippen molar-refractivity contribution in [3.63, 3.8) is 0 Å². The molecule has 0 spiro atoms. The van der Waals surface area contributed by atoms with Gasteiger partial charge >= 0.3 is 0 Å². The Balaban J connectivity index is 1.71. The molecule has 2 heterocycles. The van der Waals surface area contributed by atoms with Gasteiger partial charge in [0.15, 0.2) is 0 Å². The maximum atomic E-state index is 4.78. The van der Waals surface area contributed by atoms with Crippen LogP contribution in [0.4, 0.5) is 0 Å². The average molecular weight is 267 g/mol. The number of nitrogens with zero attached hydrogens (tertiary/aromatic N) is 2. The number of aromatic nitrogens is 2. The summed E-state index contributed by atoms with van der Waals surface area (Å²) in [6, 6.07) is 9.50. The summed E-state index contributed by atoms with van der Waals surface area (Å²) in [6.45, 7) is 4.19. The van der Waals surface area contributed by atoms with Gasteiger partial charge in [-0.1, -0.05) is 24.3 Å². The van der Waals surface area contributed by atoms with Crippen molar-refractivity contribution in [2.75, 3.05) is 6.54 Å². The standard InChI is InChI=1S/C17H21N3/c1-12-19-16-11-18-9-8-17(16)20(12)15-7-6-13-4-2-3-5-14(13)10-15/h2-5,15,18H,6-11H2,1H3. The van der Waals surface area contributed by atoms with Crippen LogP contribution < -0.4 is 5.32 Å². The van der Waals surface area contributed by atoms with Crippen LogP contribution >= 0.6 is 0 Å². The number of imidazole rings is 1. The van der Waals surface area contributed by atoms with Crippen molar-refractivity contribution in [1.82, 2.24) is 14.9 Å². The van der Waals surface area contributed by atoms with E-state index in [4.69, 9.17) is 4.98 Å². The number of rotatable bonds is 1. The number of nitrogens with one attached hydrogen (secondary N) is 1. The van der Waals surface area contributed by atoms with Crippen LogP contribution in [0.25, 0.3) is 0 Å². The van der Waals surface area contributed by atoms with E-state index in [1.807, 2.05) is 0 Å². The SMILES string of the molecule is Cc1nc2c(n1C1CCc3ccccc3C1)CCNC2. The van der Waals surface area contributed by atoms with Crippen molar-refractivity contribution in [2.45, 2.75) is 45.2 Å². The molecule has 0 fully saturated rings. The first-order valence-electron chi connectivity index (χ1n) is 7.67. The molecule has 1 aliphatic carbocycles. The van der Waals surface area contributed by atoms with E-state index >= 15 is 0 Å². The number of benzene rings is 1. The molecule has 0 saturated heterocycles. The lowest BCUT2D eigenvalue weighted by molar-refractivity contribution is 0.418. The molecule has 0 bridgehead atoms. The van der Waals surface area contributed by atoms with Gasteiger partial charge in [-0.05, 0) is 37.3 Å². The van der Waals surface area contributed by atoms with Crippen molar-refractivity contribution in [1.29, 1.82) is 0 Å². The van der Waals surface area contributed by atoms with Crippen molar-refractivity contribution in [3.05, 3.63) is 52.6 Å². The van der Waals surface area contributed by atoms with Crippen molar-refractivity contribution >= 4 is 0 Å². The van der Waals surface area contributed by atoms with E-state index in [-0.39, 0.29) is 0 Å². The van der Waals surface area contributed by atoms with E-state index in [1.54, 1.807) is 0 Å². The second-order valence-electron chi connectivity index (χ2n) is 6.01. The molecule has 1 atom stereocenters. The molecular weight excluding hydrogens is 246 g/mol. The Morgan fingerprint density at radius 2 is 2.05 bits per heavy atom. The number of fused-ring (bicyclic) bond motifs is 2. The first kappa shape index (κ1) is 12.2. The third-order valence-electron chi connectivity index (χ3n) is 4.79. The lowest BCUT2D eigenvalue weighted by Gasteiger charge is -2.29. The third kappa shape index (κ3) is 1.88. The van der Waals surface area contributed by atoms with Gasteiger partial charge in [0.05, 0.1) is 5.69 Å². The lowest BCUT2D eigenvalue weighted by Crippen LogP contribution is -2.27. The smallest absolute Gasteiger partial charge is 0.106 e. The Morgan fingerprint density at radius 1 is 1.20 bits per heavy atom. The fourth-order valence-corrected chi connectivity index (χ4v) is 3.85. The summed E-state index contributed by atoms with van der Waals surface area (Å²) in [6.07, 6.45) is 4.72. The van der Waals surface area contributed by atoms with Gasteiger partial charge in [-0.2, -0.15) is 0 Å². The molecule has 2 aromatic rings. The first-order valence-corrected chi connectivity index (χ1v) is 7.67. The van der Waals surface area contributed by atoms with Gasteiger partial charge in [-0.3, -0.25) is 0 Å². The molecule has 1 aliphatic heterocycles. The second kappa shape index (κ2) is 4.74. The van der Waals surface area contributed by atoms with Gasteiger partial charge in [-0.15, -0.1) is 0 Å². The summed E-state index contributed by atoms with van der Waals surface area (Å²) in [7, 11) is 0. The summed E-state index contributed by atoms with van der Waals surface area (Å²) in [5, 5.41) is 3.42. The molecule has 1 aromatic heterocycles. The van der Waals surface area contributed by atoms with Gasteiger partial charge < -0.3 is 9.88 Å². The number of aryl methyl sites for hydroxylation is 2. The van der Waals surface area contributed by atoms with E-state index in [1.165, 1.54) is 41.2 Å². The molecule has 20 heavy (non-hydrogen) atoms. The minimum Gasteiger partial charge on any atom is -0.328 e. The van der Waals surface area contributed by atoms with Crippen LogP contribution in [0.1, 0.15) is 40.8 Å². The van der Waals surface area contributed by atoms with Crippen LogP contribution in [0.15, 0.2) is 24.3 Å². The summed E-state index contributed by atoms with van der Waals surface area (Å²) in [5.41, 5.74) is 5.81. The van der Waals surface area contributed by atoms with Crippen LogP contribution in [0.2, 0.25) is 0 Å². The molecule has 1 unspecified atom stereocenters. The largest absolute Gasteiger partial charge is 0.328 e. The molecule has 2 aliphatic rings. The predicted octanol–water partition coefficient (Wildman–Crippen LogP) is 2.57. The number of hydrogen-bond donors (Lipinski definition) is 1. The molecule has 3 nitrogen and oxygen atoms in total. The maximum absolute atomic E-state index is 4.78. The van der Waals surface area contributed by atoms with Crippen LogP contribution in [-0.2, 0) is 25.8 Å². The molecule has 0 saturated carbocycles. The molecule has 0 amide bonds. The zero-order valence-corrected chi connectivity index (χ0v) is 12.0. The fourth-order valence-electron chi connectivity index (χ4n) is 3.85. The summed E-state index contributed by atoms with van der Waals surface area (Å²) in [5.74, 6) is 1.20. The summed E-state index contributed by atoms with van der Waals surface area (Å²) >= 11 is 0. The summed E-state index contributed by atoms with van der Waals surface area (Å²) < 4.78 is 2.53. The van der Waals surface area contributed by atoms with Gasteiger partial charge in [-0.25, -0.2) is 4.98 Å². The Labute approximate surface area is 120 Å². The Hall–Kier alpha value is -1.61. The van der Waals surface area contributed by atoms with E-state index in [0.29, 0.717) is 6.04 Å². The molecule has 3 heteroatoms. The minimum absolute atomic E-state index is 0.597. The maximum Gasteiger partial charge on any atom is 0.106 e. The van der Waals surface area contributed by atoms with Crippen LogP contribution in [0, 0.1) is 6.92 Å². The van der Waals surface area contributed by atoms with Gasteiger partial charge in [0, 0.05) is 31.2 Å². The quantitative estimate of drug-likeness (QED) is 0.860. The molecule has 1 N–H and O–H groups in total. The molecule has 1 aromatic carbocycles. The lowest BCUT2D eigenvalue weighted by atomic mass is 9.88. The topological polar surface area (TPSA) is 29.9 Å². The molecule has 104 valence electrons. The van der Waals surface area contributed by atoms with Crippen molar-refractivity contribution in [3.8, 4) is 0 Å². The highest BCUT2D eigenvalue weighted by atomic mass is 15.1. The van der Waals surface area contributed by atoms with E-state index in [2.05, 4.69) is 41.1 Å². The van der Waals surface area contributed by atoms with Gasteiger partial charge in [0.1, 0.15) is 5.82 Å². The van der Waals surface area contributed by atoms with E-state index in [0.717, 1.165) is 25.9 Å². The second-order valence-corrected chi connectivity index (χ2v) is 6.01. The van der Waals surface area contributed by atoms with Crippen LogP contribution in [0.5, 0.6) is 0 Å². The molecule has 4 rings (SSSR count). The number of hydrogen-bond acceptors (Lipinski definition) is 2. The molecular formula is C17H21N3. The monoisotopic (exact) mass is 267 g/mol. The van der Waals surface area contributed by atoms with Gasteiger partial charge in [0.2, 0.25) is 0 Å². The molecule has 0 radical (unpaired) electrons. The predicted molar refractivity (Wildman–Crippen MR) is 79.9 cm³/mol. The summed E-state index contributed by atoms with van der Waals surface area (Å²) in [4.78, 5) is 4.78. The first-order chi connectivity index (χ1) is 9.83. The van der Waals surface area contributed by atoms with Crippen LogP contribution in [0.3, 0.4) is 0 Å². The van der Waals surface area contributed by atoms with E-state index in [9.17, 15) is 0 Å². The van der Waals surface area contributed by atoms with Crippen molar-refractivity contribution in [2.24, 2.45) is 0 Å². The average Bonchev–Trinajstić information content (AvgIpc) is 2.82. The van der Waals surface area contributed by atoms with Crippen LogP contribution in [-0.4, -0.2) is 16.1 Å². The highest BCUT2D eigenvalue weighted by molar-refractivity contribution is 5.31.